The summed E-state index contributed by atoms with van der Waals surface area (Å²) in [7, 11) is 1.76. The van der Waals surface area contributed by atoms with Crippen LogP contribution in [0.4, 0.5) is 0 Å². The van der Waals surface area contributed by atoms with Gasteiger partial charge in [0, 0.05) is 32.4 Å². The minimum absolute atomic E-state index is 0.0107. The Balaban J connectivity index is 1.51. The molecule has 0 aliphatic carbocycles. The summed E-state index contributed by atoms with van der Waals surface area (Å²) >= 11 is 0. The molecule has 3 rings (SSSR count). The lowest BCUT2D eigenvalue weighted by Crippen LogP contribution is -2.36. The standard InChI is InChI=1S/C22H24N4O/c1-23-22(24-15-18-7-3-2-4-8-18)25-16-19-10-12-20(13-11-19)17-26-14-6-5-9-21(26)27/h2-14H,15-17H2,1H3,(H2,23,24,25). The van der Waals surface area contributed by atoms with E-state index in [1.54, 1.807) is 29.9 Å². The van der Waals surface area contributed by atoms with Gasteiger partial charge in [-0.1, -0.05) is 60.7 Å². The van der Waals surface area contributed by atoms with Gasteiger partial charge in [-0.05, 0) is 22.8 Å². The molecule has 5 nitrogen and oxygen atoms in total. The van der Waals surface area contributed by atoms with Crippen molar-refractivity contribution in [2.24, 2.45) is 4.99 Å². The Morgan fingerprint density at radius 1 is 0.815 bits per heavy atom. The molecule has 0 amide bonds. The van der Waals surface area contributed by atoms with Gasteiger partial charge in [0.25, 0.3) is 5.56 Å². The summed E-state index contributed by atoms with van der Waals surface area (Å²) in [5.74, 6) is 0.763. The molecular formula is C22H24N4O. The van der Waals surface area contributed by atoms with Crippen LogP contribution in [0.15, 0.2) is 88.8 Å². The lowest BCUT2D eigenvalue weighted by Gasteiger charge is -2.12. The van der Waals surface area contributed by atoms with E-state index >= 15 is 0 Å². The maximum Gasteiger partial charge on any atom is 0.250 e. The highest BCUT2D eigenvalue weighted by atomic mass is 16.1. The molecule has 5 heteroatoms. The number of pyridine rings is 1. The molecule has 0 spiro atoms. The van der Waals surface area contributed by atoms with Gasteiger partial charge in [0.1, 0.15) is 0 Å². The number of hydrogen-bond donors (Lipinski definition) is 2. The molecule has 0 unspecified atom stereocenters. The third-order valence-electron chi connectivity index (χ3n) is 4.26. The summed E-state index contributed by atoms with van der Waals surface area (Å²) in [5, 5.41) is 6.62. The Kier molecular flexibility index (Phi) is 6.41. The lowest BCUT2D eigenvalue weighted by atomic mass is 10.1. The average Bonchev–Trinajstić information content (AvgIpc) is 2.72. The number of nitrogens with zero attached hydrogens (tertiary/aromatic N) is 2. The SMILES string of the molecule is CN=C(NCc1ccccc1)NCc1ccc(Cn2ccccc2=O)cc1. The van der Waals surface area contributed by atoms with E-state index in [1.165, 1.54) is 5.56 Å². The minimum Gasteiger partial charge on any atom is -0.352 e. The van der Waals surface area contributed by atoms with Gasteiger partial charge in [0.2, 0.25) is 0 Å². The van der Waals surface area contributed by atoms with Crippen LogP contribution in [0.2, 0.25) is 0 Å². The van der Waals surface area contributed by atoms with Gasteiger partial charge in [-0.25, -0.2) is 0 Å². The lowest BCUT2D eigenvalue weighted by molar-refractivity contribution is 0.758. The first-order valence-corrected chi connectivity index (χ1v) is 8.96. The van der Waals surface area contributed by atoms with E-state index in [4.69, 9.17) is 0 Å². The van der Waals surface area contributed by atoms with Crippen LogP contribution in [0.25, 0.3) is 0 Å². The summed E-state index contributed by atoms with van der Waals surface area (Å²) in [5.41, 5.74) is 3.47. The Bertz CT molecular complexity index is 930. The number of benzene rings is 2. The van der Waals surface area contributed by atoms with Crippen LogP contribution in [0, 0.1) is 0 Å². The van der Waals surface area contributed by atoms with E-state index < -0.39 is 0 Å². The monoisotopic (exact) mass is 360 g/mol. The molecule has 0 saturated heterocycles. The molecule has 2 aromatic carbocycles. The zero-order valence-electron chi connectivity index (χ0n) is 15.4. The van der Waals surface area contributed by atoms with E-state index in [0.29, 0.717) is 13.1 Å². The normalized spacial score (nSPS) is 11.2. The topological polar surface area (TPSA) is 58.4 Å². The molecule has 0 aliphatic heterocycles. The zero-order valence-corrected chi connectivity index (χ0v) is 15.4. The molecule has 3 aromatic rings. The highest BCUT2D eigenvalue weighted by molar-refractivity contribution is 5.79. The van der Waals surface area contributed by atoms with Crippen molar-refractivity contribution in [1.29, 1.82) is 0 Å². The fourth-order valence-electron chi connectivity index (χ4n) is 2.74. The van der Waals surface area contributed by atoms with Gasteiger partial charge < -0.3 is 15.2 Å². The molecule has 0 radical (unpaired) electrons. The van der Waals surface area contributed by atoms with Crippen LogP contribution < -0.4 is 16.2 Å². The Hall–Kier alpha value is -3.34. The van der Waals surface area contributed by atoms with Crippen molar-refractivity contribution in [2.45, 2.75) is 19.6 Å². The number of aliphatic imine (C=N–C) groups is 1. The first kappa shape index (κ1) is 18.5. The molecule has 0 saturated carbocycles. The molecule has 2 N–H and O–H groups in total. The summed E-state index contributed by atoms with van der Waals surface area (Å²) in [6.07, 6.45) is 1.81. The van der Waals surface area contributed by atoms with E-state index in [-0.39, 0.29) is 5.56 Å². The van der Waals surface area contributed by atoms with Crippen molar-refractivity contribution in [1.82, 2.24) is 15.2 Å². The van der Waals surface area contributed by atoms with Crippen LogP contribution in [-0.4, -0.2) is 17.6 Å². The number of guanidine groups is 1. The number of aromatic nitrogens is 1. The summed E-state index contributed by atoms with van der Waals surface area (Å²) in [6.45, 7) is 1.99. The van der Waals surface area contributed by atoms with Crippen molar-refractivity contribution < 1.29 is 0 Å². The molecule has 0 atom stereocenters. The average molecular weight is 360 g/mol. The Labute approximate surface area is 159 Å². The number of hydrogen-bond acceptors (Lipinski definition) is 2. The second-order valence-corrected chi connectivity index (χ2v) is 6.25. The van der Waals surface area contributed by atoms with Crippen molar-refractivity contribution in [2.75, 3.05) is 7.05 Å². The highest BCUT2D eigenvalue weighted by Crippen LogP contribution is 2.06. The molecule has 0 fully saturated rings. The third kappa shape index (κ3) is 5.57. The predicted octanol–water partition coefficient (Wildman–Crippen LogP) is 2.76. The van der Waals surface area contributed by atoms with Gasteiger partial charge in [0.15, 0.2) is 5.96 Å². The van der Waals surface area contributed by atoms with Gasteiger partial charge in [-0.15, -0.1) is 0 Å². The van der Waals surface area contributed by atoms with Crippen LogP contribution >= 0.6 is 0 Å². The van der Waals surface area contributed by atoms with Crippen molar-refractivity contribution in [3.05, 3.63) is 106 Å². The number of rotatable bonds is 6. The Morgan fingerprint density at radius 3 is 2.04 bits per heavy atom. The van der Waals surface area contributed by atoms with Crippen molar-refractivity contribution >= 4 is 5.96 Å². The van der Waals surface area contributed by atoms with Gasteiger partial charge in [-0.3, -0.25) is 9.79 Å². The molecule has 1 aromatic heterocycles. The fourth-order valence-corrected chi connectivity index (χ4v) is 2.74. The Morgan fingerprint density at radius 2 is 1.41 bits per heavy atom. The maximum absolute atomic E-state index is 11.8. The van der Waals surface area contributed by atoms with Crippen LogP contribution in [-0.2, 0) is 19.6 Å². The van der Waals surface area contributed by atoms with Gasteiger partial charge >= 0.3 is 0 Å². The first-order valence-electron chi connectivity index (χ1n) is 8.96. The van der Waals surface area contributed by atoms with Crippen molar-refractivity contribution in [3.63, 3.8) is 0 Å². The number of nitrogens with one attached hydrogen (secondary N) is 2. The van der Waals surface area contributed by atoms with Gasteiger partial charge in [-0.2, -0.15) is 0 Å². The zero-order chi connectivity index (χ0) is 18.9. The summed E-state index contributed by atoms with van der Waals surface area (Å²) < 4.78 is 1.70. The fraction of sp³-hybridized carbons (Fsp3) is 0.182. The first-order chi connectivity index (χ1) is 13.2. The van der Waals surface area contributed by atoms with E-state index in [9.17, 15) is 4.79 Å². The molecule has 0 bridgehead atoms. The van der Waals surface area contributed by atoms with Crippen LogP contribution in [0.3, 0.4) is 0 Å². The summed E-state index contributed by atoms with van der Waals surface area (Å²) in [4.78, 5) is 16.1. The highest BCUT2D eigenvalue weighted by Gasteiger charge is 2.01. The largest absolute Gasteiger partial charge is 0.352 e. The smallest absolute Gasteiger partial charge is 0.250 e. The third-order valence-corrected chi connectivity index (χ3v) is 4.26. The molecule has 0 aliphatic rings. The summed E-state index contributed by atoms with van der Waals surface area (Å²) in [6, 6.07) is 23.7. The minimum atomic E-state index is 0.0107. The van der Waals surface area contributed by atoms with E-state index in [2.05, 4.69) is 52.0 Å². The predicted molar refractivity (Wildman–Crippen MR) is 110 cm³/mol. The molecule has 27 heavy (non-hydrogen) atoms. The van der Waals surface area contributed by atoms with Crippen LogP contribution in [0.1, 0.15) is 16.7 Å². The quantitative estimate of drug-likeness (QED) is 0.525. The second-order valence-electron chi connectivity index (χ2n) is 6.25. The second kappa shape index (κ2) is 9.38. The van der Waals surface area contributed by atoms with Crippen molar-refractivity contribution in [3.8, 4) is 0 Å². The molecule has 1 heterocycles. The maximum atomic E-state index is 11.8. The molecule has 138 valence electrons. The van der Waals surface area contributed by atoms with Crippen LogP contribution in [0.5, 0.6) is 0 Å². The molecular weight excluding hydrogens is 336 g/mol. The van der Waals surface area contributed by atoms with Gasteiger partial charge in [0.05, 0.1) is 6.54 Å². The van der Waals surface area contributed by atoms with E-state index in [1.807, 2.05) is 24.3 Å². The van der Waals surface area contributed by atoms with E-state index in [0.717, 1.165) is 23.6 Å².